The molecule has 0 radical (unpaired) electrons. The van der Waals surface area contributed by atoms with Crippen molar-refractivity contribution in [3.05, 3.63) is 34.3 Å². The zero-order chi connectivity index (χ0) is 13.0. The topological polar surface area (TPSA) is 12.0 Å². The average Bonchev–Trinajstić information content (AvgIpc) is 2.88. The summed E-state index contributed by atoms with van der Waals surface area (Å²) in [6.07, 6.45) is 6.66. The van der Waals surface area contributed by atoms with E-state index in [9.17, 15) is 0 Å². The molecule has 1 saturated carbocycles. The van der Waals surface area contributed by atoms with Crippen molar-refractivity contribution < 1.29 is 0 Å². The first-order chi connectivity index (χ1) is 8.74. The Morgan fingerprint density at radius 2 is 2.06 bits per heavy atom. The summed E-state index contributed by atoms with van der Waals surface area (Å²) >= 11 is 6.27. The van der Waals surface area contributed by atoms with Gasteiger partial charge in [0, 0.05) is 11.1 Å². The monoisotopic (exact) mass is 265 g/mol. The summed E-state index contributed by atoms with van der Waals surface area (Å²) in [4.78, 5) is 0. The van der Waals surface area contributed by atoms with Gasteiger partial charge in [0.15, 0.2) is 0 Å². The van der Waals surface area contributed by atoms with Gasteiger partial charge in [-0.1, -0.05) is 43.5 Å². The molecule has 1 nitrogen and oxygen atoms in total. The smallest absolute Gasteiger partial charge is 0.0438 e. The average molecular weight is 266 g/mol. The standard InChI is InChI=1S/C16H24ClN/c1-3-11-18-16(13-7-4-5-8-13)14-9-6-10-15(17)12(14)2/h6,9-10,13,16,18H,3-5,7-8,11H2,1-2H3. The molecule has 0 heterocycles. The second-order valence-electron chi connectivity index (χ2n) is 5.43. The van der Waals surface area contributed by atoms with Gasteiger partial charge in [-0.2, -0.15) is 0 Å². The van der Waals surface area contributed by atoms with Crippen LogP contribution < -0.4 is 5.32 Å². The van der Waals surface area contributed by atoms with Crippen molar-refractivity contribution in [3.8, 4) is 0 Å². The number of halogens is 1. The van der Waals surface area contributed by atoms with E-state index in [0.717, 1.165) is 17.5 Å². The molecule has 0 aromatic heterocycles. The lowest BCUT2D eigenvalue weighted by molar-refractivity contribution is 0.367. The number of nitrogens with one attached hydrogen (secondary N) is 1. The Morgan fingerprint density at radius 1 is 1.33 bits per heavy atom. The zero-order valence-electron chi connectivity index (χ0n) is 11.5. The highest BCUT2D eigenvalue weighted by molar-refractivity contribution is 6.31. The molecule has 1 fully saturated rings. The first kappa shape index (κ1) is 13.9. The largest absolute Gasteiger partial charge is 0.310 e. The summed E-state index contributed by atoms with van der Waals surface area (Å²) in [6, 6.07) is 6.81. The Bertz CT molecular complexity index is 383. The molecule has 1 N–H and O–H groups in total. The van der Waals surface area contributed by atoms with Crippen LogP contribution >= 0.6 is 11.6 Å². The molecule has 1 aliphatic rings. The molecule has 1 aromatic rings. The first-order valence-corrected chi connectivity index (χ1v) is 7.60. The number of rotatable bonds is 5. The molecule has 100 valence electrons. The molecular weight excluding hydrogens is 242 g/mol. The predicted octanol–water partition coefficient (Wildman–Crippen LogP) is 4.88. The molecule has 1 atom stereocenters. The van der Waals surface area contributed by atoms with Crippen molar-refractivity contribution in [1.29, 1.82) is 0 Å². The van der Waals surface area contributed by atoms with Crippen LogP contribution in [0.2, 0.25) is 5.02 Å². The van der Waals surface area contributed by atoms with Crippen LogP contribution in [0.15, 0.2) is 18.2 Å². The molecule has 0 aliphatic heterocycles. The van der Waals surface area contributed by atoms with Crippen molar-refractivity contribution in [2.45, 2.75) is 52.0 Å². The molecule has 1 unspecified atom stereocenters. The quantitative estimate of drug-likeness (QED) is 0.800. The van der Waals surface area contributed by atoms with Crippen LogP contribution in [0.1, 0.15) is 56.2 Å². The molecule has 18 heavy (non-hydrogen) atoms. The third-order valence-electron chi connectivity index (χ3n) is 4.13. The van der Waals surface area contributed by atoms with E-state index < -0.39 is 0 Å². The minimum atomic E-state index is 0.492. The van der Waals surface area contributed by atoms with Gasteiger partial charge in [0.25, 0.3) is 0 Å². The molecule has 0 bridgehead atoms. The summed E-state index contributed by atoms with van der Waals surface area (Å²) in [6.45, 7) is 5.46. The SMILES string of the molecule is CCCNC(c1cccc(Cl)c1C)C1CCCC1. The van der Waals surface area contributed by atoms with Gasteiger partial charge in [0.2, 0.25) is 0 Å². The minimum Gasteiger partial charge on any atom is -0.310 e. The maximum Gasteiger partial charge on any atom is 0.0438 e. The second-order valence-corrected chi connectivity index (χ2v) is 5.84. The highest BCUT2D eigenvalue weighted by Crippen LogP contribution is 2.37. The summed E-state index contributed by atoms with van der Waals surface area (Å²) in [5.74, 6) is 0.786. The van der Waals surface area contributed by atoms with Gasteiger partial charge in [-0.15, -0.1) is 0 Å². The van der Waals surface area contributed by atoms with Gasteiger partial charge in [-0.05, 0) is 55.8 Å². The van der Waals surface area contributed by atoms with Gasteiger partial charge >= 0.3 is 0 Å². The van der Waals surface area contributed by atoms with Gasteiger partial charge in [-0.3, -0.25) is 0 Å². The van der Waals surface area contributed by atoms with Crippen LogP contribution in [0, 0.1) is 12.8 Å². The molecule has 1 aliphatic carbocycles. The Kier molecular flexibility index (Phi) is 5.08. The molecule has 0 saturated heterocycles. The molecule has 2 rings (SSSR count). The summed E-state index contributed by atoms with van der Waals surface area (Å²) in [5.41, 5.74) is 2.66. The van der Waals surface area contributed by atoms with E-state index in [2.05, 4.69) is 31.3 Å². The highest BCUT2D eigenvalue weighted by Gasteiger charge is 2.27. The lowest BCUT2D eigenvalue weighted by Gasteiger charge is -2.27. The predicted molar refractivity (Wildman–Crippen MR) is 79.2 cm³/mol. The van der Waals surface area contributed by atoms with E-state index in [1.807, 2.05) is 6.07 Å². The number of hydrogen-bond donors (Lipinski definition) is 1. The highest BCUT2D eigenvalue weighted by atomic mass is 35.5. The fraction of sp³-hybridized carbons (Fsp3) is 0.625. The minimum absolute atomic E-state index is 0.492. The fourth-order valence-corrected chi connectivity index (χ4v) is 3.26. The Balaban J connectivity index is 2.23. The Hall–Kier alpha value is -0.530. The second kappa shape index (κ2) is 6.58. The lowest BCUT2D eigenvalue weighted by atomic mass is 9.89. The molecular formula is C16H24ClN. The number of benzene rings is 1. The maximum absolute atomic E-state index is 6.27. The van der Waals surface area contributed by atoms with Gasteiger partial charge in [-0.25, -0.2) is 0 Å². The number of hydrogen-bond acceptors (Lipinski definition) is 1. The van der Waals surface area contributed by atoms with Crippen molar-refractivity contribution in [1.82, 2.24) is 5.32 Å². The molecule has 2 heteroatoms. The first-order valence-electron chi connectivity index (χ1n) is 7.22. The summed E-state index contributed by atoms with van der Waals surface area (Å²) in [5, 5.41) is 4.63. The van der Waals surface area contributed by atoms with Gasteiger partial charge in [0.1, 0.15) is 0 Å². The van der Waals surface area contributed by atoms with Crippen molar-refractivity contribution in [2.75, 3.05) is 6.54 Å². The van der Waals surface area contributed by atoms with E-state index in [4.69, 9.17) is 11.6 Å². The molecule has 0 spiro atoms. The van der Waals surface area contributed by atoms with E-state index >= 15 is 0 Å². The van der Waals surface area contributed by atoms with Gasteiger partial charge < -0.3 is 5.32 Å². The fourth-order valence-electron chi connectivity index (χ4n) is 3.08. The zero-order valence-corrected chi connectivity index (χ0v) is 12.3. The maximum atomic E-state index is 6.27. The Morgan fingerprint density at radius 3 is 2.72 bits per heavy atom. The summed E-state index contributed by atoms with van der Waals surface area (Å²) < 4.78 is 0. The third-order valence-corrected chi connectivity index (χ3v) is 4.54. The van der Waals surface area contributed by atoms with Crippen molar-refractivity contribution >= 4 is 11.6 Å². The van der Waals surface area contributed by atoms with E-state index in [-0.39, 0.29) is 0 Å². The van der Waals surface area contributed by atoms with Crippen LogP contribution in [0.5, 0.6) is 0 Å². The van der Waals surface area contributed by atoms with Crippen LogP contribution in [0.25, 0.3) is 0 Å². The summed E-state index contributed by atoms with van der Waals surface area (Å²) in [7, 11) is 0. The van der Waals surface area contributed by atoms with Gasteiger partial charge in [0.05, 0.1) is 0 Å². The van der Waals surface area contributed by atoms with Crippen LogP contribution in [0.4, 0.5) is 0 Å². The van der Waals surface area contributed by atoms with Crippen molar-refractivity contribution in [3.63, 3.8) is 0 Å². The normalized spacial score (nSPS) is 18.2. The van der Waals surface area contributed by atoms with Crippen LogP contribution in [-0.4, -0.2) is 6.54 Å². The van der Waals surface area contributed by atoms with Crippen molar-refractivity contribution in [2.24, 2.45) is 5.92 Å². The van der Waals surface area contributed by atoms with Crippen LogP contribution in [0.3, 0.4) is 0 Å². The third kappa shape index (κ3) is 3.07. The molecule has 0 amide bonds. The van der Waals surface area contributed by atoms with Crippen LogP contribution in [-0.2, 0) is 0 Å². The molecule has 1 aromatic carbocycles. The Labute approximate surface area is 116 Å². The van der Waals surface area contributed by atoms with E-state index in [1.54, 1.807) is 0 Å². The lowest BCUT2D eigenvalue weighted by Crippen LogP contribution is -2.28. The van der Waals surface area contributed by atoms with E-state index in [1.165, 1.54) is 43.2 Å². The van der Waals surface area contributed by atoms with E-state index in [0.29, 0.717) is 6.04 Å².